The number of hydrogen-bond acceptors (Lipinski definition) is 6. The van der Waals surface area contributed by atoms with Crippen LogP contribution in [-0.2, 0) is 0 Å². The van der Waals surface area contributed by atoms with Gasteiger partial charge in [-0.3, -0.25) is 4.79 Å². The molecule has 4 rings (SSSR count). The van der Waals surface area contributed by atoms with Crippen LogP contribution in [0.5, 0.6) is 0 Å². The maximum absolute atomic E-state index is 13.1. The number of carbonyl (C=O) groups excluding carboxylic acids is 1. The minimum Gasteiger partial charge on any atom is -0.352 e. The number of likely N-dealkylation sites (tertiary alicyclic amines) is 1. The molecule has 0 aliphatic carbocycles. The van der Waals surface area contributed by atoms with Gasteiger partial charge in [-0.15, -0.1) is 11.3 Å². The Labute approximate surface area is 192 Å². The van der Waals surface area contributed by atoms with Gasteiger partial charge in [0, 0.05) is 34.3 Å². The first-order valence-electron chi connectivity index (χ1n) is 10.9. The van der Waals surface area contributed by atoms with Gasteiger partial charge in [0.2, 0.25) is 0 Å². The SMILES string of the molecule is Cc1sc2ncnc(Sc3ccccc3C(=O)NCC3CCCN(C(C)C)C3)c2c1C. The Morgan fingerprint density at radius 3 is 2.90 bits per heavy atom. The summed E-state index contributed by atoms with van der Waals surface area (Å²) in [5.74, 6) is 0.506. The average molecular weight is 455 g/mol. The minimum atomic E-state index is -0.00621. The van der Waals surface area contributed by atoms with Crippen molar-refractivity contribution in [2.45, 2.75) is 56.5 Å². The molecule has 7 heteroatoms. The molecule has 1 atom stereocenters. The summed E-state index contributed by atoms with van der Waals surface area (Å²) in [4.78, 5) is 27.7. The third-order valence-electron chi connectivity index (χ3n) is 6.10. The normalized spacial score (nSPS) is 17.4. The van der Waals surface area contributed by atoms with Gasteiger partial charge in [-0.05, 0) is 70.7 Å². The highest BCUT2D eigenvalue weighted by atomic mass is 32.2. The zero-order valence-electron chi connectivity index (χ0n) is 18.6. The molecule has 2 aromatic heterocycles. The van der Waals surface area contributed by atoms with Gasteiger partial charge in [0.05, 0.1) is 5.56 Å². The van der Waals surface area contributed by atoms with Gasteiger partial charge in [0.1, 0.15) is 16.2 Å². The van der Waals surface area contributed by atoms with Gasteiger partial charge in [0.25, 0.3) is 5.91 Å². The number of piperidine rings is 1. The lowest BCUT2D eigenvalue weighted by Crippen LogP contribution is -2.43. The average Bonchev–Trinajstić information content (AvgIpc) is 3.07. The first-order valence-corrected chi connectivity index (χ1v) is 12.6. The number of benzene rings is 1. The van der Waals surface area contributed by atoms with Crippen molar-refractivity contribution in [2.75, 3.05) is 19.6 Å². The molecule has 0 radical (unpaired) electrons. The summed E-state index contributed by atoms with van der Waals surface area (Å²) in [6, 6.07) is 8.37. The zero-order chi connectivity index (χ0) is 22.0. The number of hydrogen-bond donors (Lipinski definition) is 1. The summed E-state index contributed by atoms with van der Waals surface area (Å²) in [6.07, 6.45) is 4.00. The summed E-state index contributed by atoms with van der Waals surface area (Å²) in [7, 11) is 0. The lowest BCUT2D eigenvalue weighted by atomic mass is 9.97. The number of carbonyl (C=O) groups is 1. The summed E-state index contributed by atoms with van der Waals surface area (Å²) in [5, 5.41) is 5.20. The molecule has 1 N–H and O–H groups in total. The minimum absolute atomic E-state index is 0.00621. The number of aryl methyl sites for hydroxylation is 2. The molecule has 1 aliphatic rings. The number of aromatic nitrogens is 2. The van der Waals surface area contributed by atoms with E-state index in [0.29, 0.717) is 17.5 Å². The molecule has 164 valence electrons. The van der Waals surface area contributed by atoms with Crippen LogP contribution in [0.2, 0.25) is 0 Å². The maximum atomic E-state index is 13.1. The summed E-state index contributed by atoms with van der Waals surface area (Å²) < 4.78 is 0. The lowest BCUT2D eigenvalue weighted by molar-refractivity contribution is 0.0920. The van der Waals surface area contributed by atoms with Crippen molar-refractivity contribution >= 4 is 39.2 Å². The number of nitrogens with one attached hydrogen (secondary N) is 1. The topological polar surface area (TPSA) is 58.1 Å². The molecule has 1 fully saturated rings. The number of amides is 1. The fourth-order valence-electron chi connectivity index (χ4n) is 4.14. The molecule has 3 heterocycles. The van der Waals surface area contributed by atoms with Crippen molar-refractivity contribution in [3.8, 4) is 0 Å². The largest absolute Gasteiger partial charge is 0.352 e. The van der Waals surface area contributed by atoms with Gasteiger partial charge in [0.15, 0.2) is 0 Å². The highest BCUT2D eigenvalue weighted by molar-refractivity contribution is 7.99. The van der Waals surface area contributed by atoms with Crippen LogP contribution in [0.25, 0.3) is 10.2 Å². The maximum Gasteiger partial charge on any atom is 0.252 e. The van der Waals surface area contributed by atoms with Crippen molar-refractivity contribution in [1.82, 2.24) is 20.2 Å². The van der Waals surface area contributed by atoms with Gasteiger partial charge in [-0.1, -0.05) is 23.9 Å². The van der Waals surface area contributed by atoms with Crippen LogP contribution >= 0.6 is 23.1 Å². The van der Waals surface area contributed by atoms with Gasteiger partial charge in [-0.2, -0.15) is 0 Å². The third kappa shape index (κ3) is 4.94. The molecule has 0 spiro atoms. The van der Waals surface area contributed by atoms with Gasteiger partial charge < -0.3 is 10.2 Å². The Bertz CT molecular complexity index is 1080. The van der Waals surface area contributed by atoms with E-state index in [1.54, 1.807) is 29.4 Å². The van der Waals surface area contributed by atoms with Crippen LogP contribution < -0.4 is 5.32 Å². The zero-order valence-corrected chi connectivity index (χ0v) is 20.3. The Balaban J connectivity index is 1.50. The Kier molecular flexibility index (Phi) is 6.94. The van der Waals surface area contributed by atoms with Crippen molar-refractivity contribution in [1.29, 1.82) is 0 Å². The molecule has 5 nitrogen and oxygen atoms in total. The highest BCUT2D eigenvalue weighted by Gasteiger charge is 2.23. The summed E-state index contributed by atoms with van der Waals surface area (Å²) in [6.45, 7) is 11.7. The second kappa shape index (κ2) is 9.67. The van der Waals surface area contributed by atoms with Crippen LogP contribution in [0.3, 0.4) is 0 Å². The van der Waals surface area contributed by atoms with Crippen molar-refractivity contribution in [3.63, 3.8) is 0 Å². The number of nitrogens with zero attached hydrogens (tertiary/aromatic N) is 3. The molecule has 1 amide bonds. The van der Waals surface area contributed by atoms with Crippen molar-refractivity contribution in [2.24, 2.45) is 5.92 Å². The van der Waals surface area contributed by atoms with Crippen LogP contribution in [-0.4, -0.2) is 46.5 Å². The quantitative estimate of drug-likeness (QED) is 0.512. The molecule has 3 aromatic rings. The van der Waals surface area contributed by atoms with Crippen LogP contribution in [0.15, 0.2) is 40.5 Å². The van der Waals surface area contributed by atoms with Crippen LogP contribution in [0.4, 0.5) is 0 Å². The number of fused-ring (bicyclic) bond motifs is 1. The Morgan fingerprint density at radius 2 is 2.10 bits per heavy atom. The number of thiophene rings is 1. The number of rotatable bonds is 6. The summed E-state index contributed by atoms with van der Waals surface area (Å²) >= 11 is 3.24. The van der Waals surface area contributed by atoms with E-state index in [1.807, 2.05) is 24.3 Å². The second-order valence-corrected chi connectivity index (χ2v) is 10.8. The van der Waals surface area contributed by atoms with E-state index >= 15 is 0 Å². The fourth-order valence-corrected chi connectivity index (χ4v) is 6.28. The van der Waals surface area contributed by atoms with E-state index in [0.717, 1.165) is 39.8 Å². The predicted octanol–water partition coefficient (Wildman–Crippen LogP) is 5.31. The summed E-state index contributed by atoms with van der Waals surface area (Å²) in [5.41, 5.74) is 1.93. The Morgan fingerprint density at radius 1 is 1.29 bits per heavy atom. The van der Waals surface area contributed by atoms with Crippen molar-refractivity contribution in [3.05, 3.63) is 46.6 Å². The first kappa shape index (κ1) is 22.2. The predicted molar refractivity (Wildman–Crippen MR) is 129 cm³/mol. The molecule has 0 bridgehead atoms. The van der Waals surface area contributed by atoms with E-state index < -0.39 is 0 Å². The van der Waals surface area contributed by atoms with E-state index in [9.17, 15) is 4.79 Å². The molecule has 1 aliphatic heterocycles. The van der Waals surface area contributed by atoms with E-state index in [1.165, 1.54) is 23.3 Å². The molecular formula is C24H30N4OS2. The van der Waals surface area contributed by atoms with Crippen LogP contribution in [0, 0.1) is 19.8 Å². The first-order chi connectivity index (χ1) is 14.9. The smallest absolute Gasteiger partial charge is 0.252 e. The van der Waals surface area contributed by atoms with Crippen LogP contribution in [0.1, 0.15) is 47.5 Å². The fraction of sp³-hybridized carbons (Fsp3) is 0.458. The molecule has 1 saturated heterocycles. The van der Waals surface area contributed by atoms with Crippen molar-refractivity contribution < 1.29 is 4.79 Å². The molecule has 0 saturated carbocycles. The van der Waals surface area contributed by atoms with Gasteiger partial charge in [-0.25, -0.2) is 9.97 Å². The second-order valence-electron chi connectivity index (χ2n) is 8.55. The molecule has 1 unspecified atom stereocenters. The van der Waals surface area contributed by atoms with E-state index in [2.05, 4.69) is 47.9 Å². The van der Waals surface area contributed by atoms with Gasteiger partial charge >= 0.3 is 0 Å². The lowest BCUT2D eigenvalue weighted by Gasteiger charge is -2.35. The monoisotopic (exact) mass is 454 g/mol. The van der Waals surface area contributed by atoms with E-state index in [4.69, 9.17) is 0 Å². The standard InChI is InChI=1S/C24H30N4OS2/c1-15(2)28-11-7-8-18(13-28)12-25-22(29)19-9-5-6-10-20(19)31-24-21-16(3)17(4)30-23(21)26-14-27-24/h5-6,9-10,14-15,18H,7-8,11-13H2,1-4H3,(H,25,29). The third-order valence-corrected chi connectivity index (χ3v) is 8.29. The van der Waals surface area contributed by atoms with E-state index in [-0.39, 0.29) is 5.91 Å². The highest BCUT2D eigenvalue weighted by Crippen LogP contribution is 2.38. The Hall–Kier alpha value is -1.96. The molecule has 1 aromatic carbocycles. The molecular weight excluding hydrogens is 424 g/mol. The molecule has 31 heavy (non-hydrogen) atoms.